The summed E-state index contributed by atoms with van der Waals surface area (Å²) < 4.78 is 13.3. The van der Waals surface area contributed by atoms with Crippen molar-refractivity contribution in [3.63, 3.8) is 0 Å². The first-order valence-electron chi connectivity index (χ1n) is 8.54. The first-order chi connectivity index (χ1) is 13.2. The molecule has 0 saturated heterocycles. The molecule has 0 aliphatic carbocycles. The van der Waals surface area contributed by atoms with Crippen molar-refractivity contribution in [1.29, 1.82) is 0 Å². The van der Waals surface area contributed by atoms with Crippen molar-refractivity contribution in [2.45, 2.75) is 13.0 Å². The lowest BCUT2D eigenvalue weighted by Gasteiger charge is -2.04. The van der Waals surface area contributed by atoms with Gasteiger partial charge in [0.15, 0.2) is 0 Å². The molecule has 0 unspecified atom stereocenters. The van der Waals surface area contributed by atoms with E-state index in [4.69, 9.17) is 0 Å². The highest BCUT2D eigenvalue weighted by Crippen LogP contribution is 2.17. The molecule has 7 nitrogen and oxygen atoms in total. The van der Waals surface area contributed by atoms with Crippen LogP contribution in [-0.2, 0) is 17.8 Å². The lowest BCUT2D eigenvalue weighted by atomic mass is 10.1. The van der Waals surface area contributed by atoms with E-state index in [-0.39, 0.29) is 24.1 Å². The number of aromatic nitrogens is 5. The topological polar surface area (TPSA) is 88.5 Å². The molecule has 8 heteroatoms. The molecule has 2 heterocycles. The Morgan fingerprint density at radius 3 is 2.96 bits per heavy atom. The van der Waals surface area contributed by atoms with E-state index in [1.165, 1.54) is 16.9 Å². The molecule has 2 aromatic heterocycles. The zero-order valence-electron chi connectivity index (χ0n) is 14.4. The van der Waals surface area contributed by atoms with Crippen LogP contribution in [0.2, 0.25) is 0 Å². The van der Waals surface area contributed by atoms with Crippen molar-refractivity contribution < 1.29 is 9.18 Å². The van der Waals surface area contributed by atoms with E-state index in [1.807, 2.05) is 24.4 Å². The van der Waals surface area contributed by atoms with Gasteiger partial charge in [0.1, 0.15) is 12.4 Å². The van der Waals surface area contributed by atoms with E-state index in [0.29, 0.717) is 12.1 Å². The van der Waals surface area contributed by atoms with E-state index in [0.717, 1.165) is 22.9 Å². The fourth-order valence-corrected chi connectivity index (χ4v) is 2.91. The summed E-state index contributed by atoms with van der Waals surface area (Å²) in [6.07, 6.45) is 2.68. The Balaban J connectivity index is 1.32. The number of tetrazole rings is 1. The number of amides is 1. The number of fused-ring (bicyclic) bond motifs is 1. The monoisotopic (exact) mass is 364 g/mol. The molecule has 136 valence electrons. The third kappa shape index (κ3) is 3.84. The van der Waals surface area contributed by atoms with Crippen LogP contribution in [0.5, 0.6) is 0 Å². The van der Waals surface area contributed by atoms with Gasteiger partial charge >= 0.3 is 0 Å². The summed E-state index contributed by atoms with van der Waals surface area (Å²) in [6.45, 7) is 0.461. The smallest absolute Gasteiger partial charge is 0.243 e. The van der Waals surface area contributed by atoms with Crippen LogP contribution >= 0.6 is 0 Å². The summed E-state index contributed by atoms with van der Waals surface area (Å²) in [4.78, 5) is 16.5. The second-order valence-corrected chi connectivity index (χ2v) is 6.11. The Labute approximate surface area is 154 Å². The third-order valence-corrected chi connectivity index (χ3v) is 4.21. The van der Waals surface area contributed by atoms with E-state index >= 15 is 0 Å². The highest BCUT2D eigenvalue weighted by Gasteiger charge is 2.10. The van der Waals surface area contributed by atoms with Gasteiger partial charge < -0.3 is 10.3 Å². The molecule has 0 spiro atoms. The first-order valence-corrected chi connectivity index (χ1v) is 8.54. The van der Waals surface area contributed by atoms with Crippen LogP contribution in [-0.4, -0.2) is 37.6 Å². The molecule has 0 saturated carbocycles. The number of carbonyl (C=O) groups is 1. The number of halogens is 1. The highest BCUT2D eigenvalue weighted by atomic mass is 19.1. The predicted molar refractivity (Wildman–Crippen MR) is 98.2 cm³/mol. The Hall–Kier alpha value is -3.55. The van der Waals surface area contributed by atoms with Crippen molar-refractivity contribution in [3.8, 4) is 11.4 Å². The standard InChI is InChI=1S/C19H17FN6O/c20-15-5-3-4-13(10-15)19-23-25-26(24-19)12-18(27)21-9-8-14-11-22-17-7-2-1-6-16(14)17/h1-7,10-11,22H,8-9,12H2,(H,21,27). The maximum absolute atomic E-state index is 13.3. The van der Waals surface area contributed by atoms with Crippen LogP contribution in [0.15, 0.2) is 54.7 Å². The average Bonchev–Trinajstić information content (AvgIpc) is 3.29. The summed E-state index contributed by atoms with van der Waals surface area (Å²) in [6, 6.07) is 14.0. The van der Waals surface area contributed by atoms with Gasteiger partial charge in [0.05, 0.1) is 0 Å². The van der Waals surface area contributed by atoms with Crippen LogP contribution in [0.3, 0.4) is 0 Å². The number of rotatable bonds is 6. The molecular formula is C19H17FN6O. The number of benzene rings is 2. The summed E-state index contributed by atoms with van der Waals surface area (Å²) in [7, 11) is 0. The second-order valence-electron chi connectivity index (χ2n) is 6.11. The fraction of sp³-hybridized carbons (Fsp3) is 0.158. The Kier molecular flexibility index (Phi) is 4.61. The van der Waals surface area contributed by atoms with Gasteiger partial charge in [0, 0.05) is 29.2 Å². The SMILES string of the molecule is O=C(Cn1nnc(-c2cccc(F)c2)n1)NCCc1c[nH]c2ccccc12. The largest absolute Gasteiger partial charge is 0.361 e. The van der Waals surface area contributed by atoms with E-state index in [1.54, 1.807) is 12.1 Å². The second kappa shape index (κ2) is 7.36. The number of H-pyrrole nitrogens is 1. The number of nitrogens with zero attached hydrogens (tertiary/aromatic N) is 4. The summed E-state index contributed by atoms with van der Waals surface area (Å²) >= 11 is 0. The minimum Gasteiger partial charge on any atom is -0.361 e. The molecule has 27 heavy (non-hydrogen) atoms. The summed E-state index contributed by atoms with van der Waals surface area (Å²) in [5.41, 5.74) is 2.75. The van der Waals surface area contributed by atoms with Crippen molar-refractivity contribution >= 4 is 16.8 Å². The zero-order chi connectivity index (χ0) is 18.6. The molecule has 0 bridgehead atoms. The molecule has 0 atom stereocenters. The van der Waals surface area contributed by atoms with Gasteiger partial charge in [0.2, 0.25) is 11.7 Å². The summed E-state index contributed by atoms with van der Waals surface area (Å²) in [5, 5.41) is 15.8. The van der Waals surface area contributed by atoms with Crippen LogP contribution in [0.4, 0.5) is 4.39 Å². The van der Waals surface area contributed by atoms with E-state index < -0.39 is 0 Å². The molecule has 2 N–H and O–H groups in total. The molecule has 1 amide bonds. The average molecular weight is 364 g/mol. The van der Waals surface area contributed by atoms with Gasteiger partial charge in [-0.3, -0.25) is 4.79 Å². The zero-order valence-corrected chi connectivity index (χ0v) is 14.4. The Bertz CT molecular complexity index is 1090. The third-order valence-electron chi connectivity index (χ3n) is 4.21. The minimum absolute atomic E-state index is 0.0454. The lowest BCUT2D eigenvalue weighted by Crippen LogP contribution is -2.30. The van der Waals surface area contributed by atoms with Gasteiger partial charge in [-0.1, -0.05) is 30.3 Å². The maximum Gasteiger partial charge on any atom is 0.243 e. The molecule has 2 aromatic carbocycles. The van der Waals surface area contributed by atoms with Crippen molar-refractivity contribution in [2.75, 3.05) is 6.54 Å². The van der Waals surface area contributed by atoms with Crippen LogP contribution in [0.1, 0.15) is 5.56 Å². The molecule has 0 fully saturated rings. The molecule has 4 aromatic rings. The molecule has 0 aliphatic rings. The van der Waals surface area contributed by atoms with Crippen molar-refractivity contribution in [2.24, 2.45) is 0 Å². The van der Waals surface area contributed by atoms with E-state index in [9.17, 15) is 9.18 Å². The molecule has 4 rings (SSSR count). The normalized spacial score (nSPS) is 11.0. The summed E-state index contributed by atoms with van der Waals surface area (Å²) in [5.74, 6) is -0.307. The number of carbonyl (C=O) groups excluding carboxylic acids is 1. The molecular weight excluding hydrogens is 347 g/mol. The number of aromatic amines is 1. The van der Waals surface area contributed by atoms with Crippen molar-refractivity contribution in [1.82, 2.24) is 30.5 Å². The van der Waals surface area contributed by atoms with Gasteiger partial charge in [-0.25, -0.2) is 4.39 Å². The van der Waals surface area contributed by atoms with Gasteiger partial charge in [-0.2, -0.15) is 4.80 Å². The van der Waals surface area contributed by atoms with Crippen LogP contribution < -0.4 is 5.32 Å². The van der Waals surface area contributed by atoms with Crippen LogP contribution in [0, 0.1) is 5.82 Å². The fourth-order valence-electron chi connectivity index (χ4n) is 2.91. The van der Waals surface area contributed by atoms with Gasteiger partial charge in [-0.05, 0) is 35.4 Å². The number of hydrogen-bond acceptors (Lipinski definition) is 4. The van der Waals surface area contributed by atoms with E-state index in [2.05, 4.69) is 31.8 Å². The predicted octanol–water partition coefficient (Wildman–Crippen LogP) is 2.32. The maximum atomic E-state index is 13.3. The first kappa shape index (κ1) is 16.9. The van der Waals surface area contributed by atoms with Gasteiger partial charge in [0.25, 0.3) is 0 Å². The molecule has 0 aliphatic heterocycles. The number of hydrogen-bond donors (Lipinski definition) is 2. The Morgan fingerprint density at radius 1 is 1.19 bits per heavy atom. The minimum atomic E-state index is -0.376. The lowest BCUT2D eigenvalue weighted by molar-refractivity contribution is -0.122. The highest BCUT2D eigenvalue weighted by molar-refractivity contribution is 5.83. The number of nitrogens with one attached hydrogen (secondary N) is 2. The number of para-hydroxylation sites is 1. The van der Waals surface area contributed by atoms with Crippen LogP contribution in [0.25, 0.3) is 22.3 Å². The molecule has 0 radical (unpaired) electrons. The van der Waals surface area contributed by atoms with Crippen molar-refractivity contribution in [3.05, 3.63) is 66.1 Å². The van der Waals surface area contributed by atoms with Gasteiger partial charge in [-0.15, -0.1) is 10.2 Å². The quantitative estimate of drug-likeness (QED) is 0.550. The Morgan fingerprint density at radius 2 is 2.07 bits per heavy atom.